The number of benzene rings is 2. The highest BCUT2D eigenvalue weighted by Crippen LogP contribution is 2.33. The smallest absolute Gasteiger partial charge is 0.266 e. The van der Waals surface area contributed by atoms with Crippen molar-refractivity contribution in [3.8, 4) is 17.6 Å². The number of hydrogen-bond acceptors (Lipinski definition) is 4. The Morgan fingerprint density at radius 1 is 1.19 bits per heavy atom. The van der Waals surface area contributed by atoms with E-state index in [1.165, 1.54) is 6.08 Å². The standard InChI is InChI=1S/C22H24N2O3/c1-14(2)27-21-17(9-7-11-20(21)26-5)12-18(13-23)22(25)24-19-10-6-8-15(3)16(19)4/h6-12,14H,1-5H3,(H,24,25)/b18-12-. The van der Waals surface area contributed by atoms with Crippen LogP contribution in [0, 0.1) is 25.2 Å². The summed E-state index contributed by atoms with van der Waals surface area (Å²) in [5.74, 6) is 0.580. The molecule has 2 rings (SSSR count). The summed E-state index contributed by atoms with van der Waals surface area (Å²) in [7, 11) is 1.55. The van der Waals surface area contributed by atoms with Gasteiger partial charge in [0.05, 0.1) is 13.2 Å². The minimum atomic E-state index is -0.468. The van der Waals surface area contributed by atoms with Gasteiger partial charge in [-0.2, -0.15) is 5.26 Å². The van der Waals surface area contributed by atoms with Crippen LogP contribution in [-0.4, -0.2) is 19.1 Å². The largest absolute Gasteiger partial charge is 0.493 e. The van der Waals surface area contributed by atoms with Gasteiger partial charge in [-0.15, -0.1) is 0 Å². The molecular weight excluding hydrogens is 340 g/mol. The summed E-state index contributed by atoms with van der Waals surface area (Å²) >= 11 is 0. The molecule has 0 heterocycles. The van der Waals surface area contributed by atoms with Gasteiger partial charge in [0.2, 0.25) is 0 Å². The van der Waals surface area contributed by atoms with E-state index in [0.29, 0.717) is 22.7 Å². The number of nitrogens with one attached hydrogen (secondary N) is 1. The van der Waals surface area contributed by atoms with Gasteiger partial charge < -0.3 is 14.8 Å². The molecule has 2 aromatic rings. The van der Waals surface area contributed by atoms with E-state index >= 15 is 0 Å². The Kier molecular flexibility index (Phi) is 6.62. The molecule has 0 fully saturated rings. The Hall–Kier alpha value is -3.26. The first-order valence-corrected chi connectivity index (χ1v) is 8.70. The van der Waals surface area contributed by atoms with Crippen LogP contribution in [0.15, 0.2) is 42.0 Å². The van der Waals surface area contributed by atoms with Crippen LogP contribution < -0.4 is 14.8 Å². The van der Waals surface area contributed by atoms with Crippen LogP contribution >= 0.6 is 0 Å². The molecule has 0 radical (unpaired) electrons. The lowest BCUT2D eigenvalue weighted by atomic mass is 10.1. The summed E-state index contributed by atoms with van der Waals surface area (Å²) < 4.78 is 11.2. The number of methoxy groups -OCH3 is 1. The maximum Gasteiger partial charge on any atom is 0.266 e. The third-order valence-corrected chi connectivity index (χ3v) is 4.10. The van der Waals surface area contributed by atoms with Crippen molar-refractivity contribution in [2.45, 2.75) is 33.8 Å². The van der Waals surface area contributed by atoms with Gasteiger partial charge in [-0.25, -0.2) is 0 Å². The highest BCUT2D eigenvalue weighted by atomic mass is 16.5. The molecule has 0 saturated heterocycles. The van der Waals surface area contributed by atoms with Crippen LogP contribution in [0.4, 0.5) is 5.69 Å². The highest BCUT2D eigenvalue weighted by Gasteiger charge is 2.15. The molecule has 1 N–H and O–H groups in total. The van der Waals surface area contributed by atoms with Gasteiger partial charge in [0.15, 0.2) is 11.5 Å². The van der Waals surface area contributed by atoms with Gasteiger partial charge in [0.25, 0.3) is 5.91 Å². The highest BCUT2D eigenvalue weighted by molar-refractivity contribution is 6.10. The van der Waals surface area contributed by atoms with E-state index in [0.717, 1.165) is 11.1 Å². The van der Waals surface area contributed by atoms with Crippen molar-refractivity contribution in [1.82, 2.24) is 0 Å². The molecule has 0 aliphatic carbocycles. The number of hydrogen-bond donors (Lipinski definition) is 1. The van der Waals surface area contributed by atoms with E-state index in [9.17, 15) is 10.1 Å². The van der Waals surface area contributed by atoms with Crippen LogP contribution in [-0.2, 0) is 4.79 Å². The van der Waals surface area contributed by atoms with E-state index in [1.807, 2.05) is 52.0 Å². The first kappa shape index (κ1) is 20.1. The van der Waals surface area contributed by atoms with Crippen LogP contribution in [0.2, 0.25) is 0 Å². The van der Waals surface area contributed by atoms with E-state index in [2.05, 4.69) is 5.32 Å². The summed E-state index contributed by atoms with van der Waals surface area (Å²) in [6.45, 7) is 7.70. The molecule has 140 valence electrons. The second-order valence-corrected chi connectivity index (χ2v) is 6.42. The lowest BCUT2D eigenvalue weighted by Gasteiger charge is -2.16. The monoisotopic (exact) mass is 364 g/mol. The first-order chi connectivity index (χ1) is 12.9. The number of para-hydroxylation sites is 1. The number of aryl methyl sites for hydroxylation is 1. The van der Waals surface area contributed by atoms with Gasteiger partial charge in [-0.05, 0) is 57.0 Å². The maximum absolute atomic E-state index is 12.6. The van der Waals surface area contributed by atoms with E-state index in [4.69, 9.17) is 9.47 Å². The molecule has 1 amide bonds. The van der Waals surface area contributed by atoms with Crippen LogP contribution in [0.25, 0.3) is 6.08 Å². The molecular formula is C22H24N2O3. The van der Waals surface area contributed by atoms with Crippen LogP contribution in [0.5, 0.6) is 11.5 Å². The number of rotatable bonds is 6. The zero-order chi connectivity index (χ0) is 20.0. The second kappa shape index (κ2) is 8.91. The maximum atomic E-state index is 12.6. The van der Waals surface area contributed by atoms with E-state index < -0.39 is 5.91 Å². The van der Waals surface area contributed by atoms with Crippen LogP contribution in [0.1, 0.15) is 30.5 Å². The average molecular weight is 364 g/mol. The number of anilines is 1. The number of carbonyl (C=O) groups excluding carboxylic acids is 1. The Bertz CT molecular complexity index is 908. The van der Waals surface area contributed by atoms with Crippen molar-refractivity contribution in [3.05, 3.63) is 58.7 Å². The minimum absolute atomic E-state index is 0.0160. The molecule has 0 unspecified atom stereocenters. The van der Waals surface area contributed by atoms with Gasteiger partial charge in [-0.1, -0.05) is 24.3 Å². The van der Waals surface area contributed by atoms with Gasteiger partial charge >= 0.3 is 0 Å². The molecule has 0 saturated carbocycles. The molecule has 0 bridgehead atoms. The fraction of sp³-hybridized carbons (Fsp3) is 0.273. The third kappa shape index (κ3) is 4.89. The number of nitrogens with zero attached hydrogens (tertiary/aromatic N) is 1. The first-order valence-electron chi connectivity index (χ1n) is 8.70. The summed E-state index contributed by atoms with van der Waals surface area (Å²) in [5, 5.41) is 12.3. The molecule has 5 nitrogen and oxygen atoms in total. The summed E-state index contributed by atoms with van der Waals surface area (Å²) in [6, 6.07) is 13.0. The second-order valence-electron chi connectivity index (χ2n) is 6.42. The Balaban J connectivity index is 2.39. The molecule has 0 spiro atoms. The summed E-state index contributed by atoms with van der Waals surface area (Å²) in [6.07, 6.45) is 1.43. The predicted molar refractivity (Wildman–Crippen MR) is 107 cm³/mol. The van der Waals surface area contributed by atoms with Gasteiger partial charge in [-0.3, -0.25) is 4.79 Å². The normalized spacial score (nSPS) is 11.1. The molecule has 27 heavy (non-hydrogen) atoms. The van der Waals surface area contributed by atoms with Crippen molar-refractivity contribution in [3.63, 3.8) is 0 Å². The molecule has 0 aromatic heterocycles. The zero-order valence-electron chi connectivity index (χ0n) is 16.3. The number of ether oxygens (including phenoxy) is 2. The molecule has 5 heteroatoms. The van der Waals surface area contributed by atoms with Crippen molar-refractivity contribution < 1.29 is 14.3 Å². The zero-order valence-corrected chi connectivity index (χ0v) is 16.3. The summed E-state index contributed by atoms with van der Waals surface area (Å²) in [4.78, 5) is 12.6. The minimum Gasteiger partial charge on any atom is -0.493 e. The Morgan fingerprint density at radius 2 is 1.89 bits per heavy atom. The van der Waals surface area contributed by atoms with Crippen molar-refractivity contribution >= 4 is 17.7 Å². The quantitative estimate of drug-likeness (QED) is 0.598. The Labute approximate surface area is 160 Å². The van der Waals surface area contributed by atoms with Gasteiger partial charge in [0.1, 0.15) is 11.6 Å². The lowest BCUT2D eigenvalue weighted by Crippen LogP contribution is -2.15. The average Bonchev–Trinajstić information content (AvgIpc) is 2.63. The number of amides is 1. The van der Waals surface area contributed by atoms with E-state index in [1.54, 1.807) is 25.3 Å². The molecule has 2 aromatic carbocycles. The number of carbonyl (C=O) groups is 1. The number of nitriles is 1. The van der Waals surface area contributed by atoms with Crippen LogP contribution in [0.3, 0.4) is 0 Å². The predicted octanol–water partition coefficient (Wildman–Crippen LogP) is 4.64. The third-order valence-electron chi connectivity index (χ3n) is 4.10. The van der Waals surface area contributed by atoms with E-state index in [-0.39, 0.29) is 11.7 Å². The summed E-state index contributed by atoms with van der Waals surface area (Å²) in [5.41, 5.74) is 3.31. The topological polar surface area (TPSA) is 71.3 Å². The van der Waals surface area contributed by atoms with Crippen molar-refractivity contribution in [1.29, 1.82) is 5.26 Å². The molecule has 0 aliphatic rings. The lowest BCUT2D eigenvalue weighted by molar-refractivity contribution is -0.112. The van der Waals surface area contributed by atoms with Crippen molar-refractivity contribution in [2.24, 2.45) is 0 Å². The van der Waals surface area contributed by atoms with Gasteiger partial charge in [0, 0.05) is 11.3 Å². The molecule has 0 aliphatic heterocycles. The van der Waals surface area contributed by atoms with Crippen molar-refractivity contribution in [2.75, 3.05) is 12.4 Å². The Morgan fingerprint density at radius 3 is 2.52 bits per heavy atom. The fourth-order valence-electron chi connectivity index (χ4n) is 2.55. The fourth-order valence-corrected chi connectivity index (χ4v) is 2.55. The SMILES string of the molecule is COc1cccc(/C=C(/C#N)C(=O)Nc2cccc(C)c2C)c1OC(C)C. The molecule has 0 atom stereocenters.